The molecule has 0 aliphatic carbocycles. The number of halogens is 3. The summed E-state index contributed by atoms with van der Waals surface area (Å²) in [6.07, 6.45) is 0. The molecule has 0 aliphatic heterocycles. The van der Waals surface area contributed by atoms with Crippen LogP contribution in [0.3, 0.4) is 0 Å². The monoisotopic (exact) mass is 557 g/mol. The molecule has 166 valence electrons. The van der Waals surface area contributed by atoms with E-state index in [4.69, 9.17) is 23.2 Å². The Balaban J connectivity index is 2.38. The zero-order valence-corrected chi connectivity index (χ0v) is 21.1. The Morgan fingerprint density at radius 3 is 2.20 bits per heavy atom. The highest BCUT2D eigenvalue weighted by Gasteiger charge is 2.24. The van der Waals surface area contributed by atoms with Crippen molar-refractivity contribution in [3.63, 3.8) is 0 Å². The topological polar surface area (TPSA) is 91.8 Å². The average molecular weight is 559 g/mol. The average Bonchev–Trinajstić information content (AvgIpc) is 2.64. The molecule has 0 aliphatic rings. The quantitative estimate of drug-likeness (QED) is 0.485. The van der Waals surface area contributed by atoms with Crippen molar-refractivity contribution in [1.29, 1.82) is 0 Å². The van der Waals surface area contributed by atoms with Crippen molar-refractivity contribution in [2.45, 2.75) is 29.4 Å². The first-order valence-corrected chi connectivity index (χ1v) is 13.9. The fraction of sp³-hybridized carbons (Fsp3) is 0.368. The van der Waals surface area contributed by atoms with Gasteiger partial charge in [0.25, 0.3) is 0 Å². The molecule has 0 bridgehead atoms. The van der Waals surface area contributed by atoms with Gasteiger partial charge in [0.05, 0.1) is 21.4 Å². The molecular weight excluding hydrogens is 537 g/mol. The van der Waals surface area contributed by atoms with Crippen molar-refractivity contribution >= 4 is 58.8 Å². The maximum Gasteiger partial charge on any atom is 0.186 e. The summed E-state index contributed by atoms with van der Waals surface area (Å²) in [6, 6.07) is 6.61. The number of sulfone groups is 2. The first-order chi connectivity index (χ1) is 13.9. The van der Waals surface area contributed by atoms with E-state index in [0.29, 0.717) is 11.0 Å². The van der Waals surface area contributed by atoms with Crippen LogP contribution in [0.4, 0.5) is 0 Å². The molecule has 0 atom stereocenters. The molecule has 2 rings (SSSR count). The van der Waals surface area contributed by atoms with Crippen LogP contribution in [-0.2, 0) is 25.4 Å². The second kappa shape index (κ2) is 10.2. The van der Waals surface area contributed by atoms with Gasteiger partial charge in [0.2, 0.25) is 0 Å². The van der Waals surface area contributed by atoms with Crippen LogP contribution < -0.4 is 0 Å². The summed E-state index contributed by atoms with van der Waals surface area (Å²) in [4.78, 5) is 1.59. The van der Waals surface area contributed by atoms with Gasteiger partial charge in [-0.1, -0.05) is 53.0 Å². The van der Waals surface area contributed by atoms with Gasteiger partial charge in [-0.05, 0) is 49.0 Å². The Morgan fingerprint density at radius 1 is 0.967 bits per heavy atom. The maximum absolute atomic E-state index is 12.9. The largest absolute Gasteiger partial charge is 0.505 e. The lowest BCUT2D eigenvalue weighted by Gasteiger charge is -2.18. The van der Waals surface area contributed by atoms with Crippen molar-refractivity contribution in [2.75, 3.05) is 25.4 Å². The second-order valence-corrected chi connectivity index (χ2v) is 12.5. The van der Waals surface area contributed by atoms with Gasteiger partial charge in [0.15, 0.2) is 25.4 Å². The lowest BCUT2D eigenvalue weighted by Crippen LogP contribution is -2.29. The number of nitrogens with zero attached hydrogens (tertiary/aromatic N) is 1. The Labute approximate surface area is 195 Å². The molecule has 0 fully saturated rings. The SMILES string of the molecule is CCN(CC)CCS(=O)(=O)c1cc(Cl)cc(CS(=O)(=O)c2cc(Br)cc(Cl)c2O)c1. The van der Waals surface area contributed by atoms with E-state index in [1.807, 2.05) is 18.7 Å². The van der Waals surface area contributed by atoms with Crippen LogP contribution in [0, 0.1) is 0 Å². The van der Waals surface area contributed by atoms with E-state index in [2.05, 4.69) is 15.9 Å². The minimum atomic E-state index is -4.03. The lowest BCUT2D eigenvalue weighted by molar-refractivity contribution is 0.321. The minimum Gasteiger partial charge on any atom is -0.505 e. The summed E-state index contributed by atoms with van der Waals surface area (Å²) < 4.78 is 51.6. The molecule has 0 unspecified atom stereocenters. The van der Waals surface area contributed by atoms with Crippen molar-refractivity contribution in [2.24, 2.45) is 0 Å². The zero-order chi connectivity index (χ0) is 22.7. The highest BCUT2D eigenvalue weighted by atomic mass is 79.9. The normalized spacial score (nSPS) is 12.5. The molecule has 0 amide bonds. The second-order valence-electron chi connectivity index (χ2n) is 6.63. The Kier molecular flexibility index (Phi) is 8.63. The minimum absolute atomic E-state index is 0.0381. The number of hydrogen-bond acceptors (Lipinski definition) is 6. The van der Waals surface area contributed by atoms with Gasteiger partial charge in [-0.25, -0.2) is 16.8 Å². The summed E-state index contributed by atoms with van der Waals surface area (Å²) in [5.74, 6) is -1.22. The third-order valence-electron chi connectivity index (χ3n) is 4.55. The van der Waals surface area contributed by atoms with Gasteiger partial charge < -0.3 is 10.0 Å². The van der Waals surface area contributed by atoms with Crippen molar-refractivity contribution in [3.05, 3.63) is 50.4 Å². The molecular formula is C19H22BrCl2NO5S2. The van der Waals surface area contributed by atoms with E-state index < -0.39 is 31.2 Å². The molecule has 0 saturated heterocycles. The number of phenols is 1. The molecule has 11 heteroatoms. The van der Waals surface area contributed by atoms with Crippen molar-refractivity contribution in [1.82, 2.24) is 4.90 Å². The highest BCUT2D eigenvalue weighted by molar-refractivity contribution is 9.10. The van der Waals surface area contributed by atoms with Gasteiger partial charge in [-0.15, -0.1) is 0 Å². The third-order valence-corrected chi connectivity index (χ3v) is 8.88. The van der Waals surface area contributed by atoms with Crippen LogP contribution in [-0.4, -0.2) is 52.2 Å². The number of benzene rings is 2. The lowest BCUT2D eigenvalue weighted by atomic mass is 10.2. The van der Waals surface area contributed by atoms with E-state index >= 15 is 0 Å². The molecule has 2 aromatic rings. The summed E-state index contributed by atoms with van der Waals surface area (Å²) in [6.45, 7) is 5.71. The fourth-order valence-corrected chi connectivity index (χ4v) is 7.05. The fourth-order valence-electron chi connectivity index (χ4n) is 2.87. The number of hydrogen-bond donors (Lipinski definition) is 1. The van der Waals surface area contributed by atoms with E-state index in [1.54, 1.807) is 0 Å². The van der Waals surface area contributed by atoms with Crippen LogP contribution >= 0.6 is 39.1 Å². The molecule has 0 aromatic heterocycles. The van der Waals surface area contributed by atoms with Crippen LogP contribution in [0.25, 0.3) is 0 Å². The summed E-state index contributed by atoms with van der Waals surface area (Å²) >= 11 is 15.1. The van der Waals surface area contributed by atoms with Crippen LogP contribution in [0.1, 0.15) is 19.4 Å². The van der Waals surface area contributed by atoms with Gasteiger partial charge in [0.1, 0.15) is 4.90 Å². The van der Waals surface area contributed by atoms with Gasteiger partial charge in [-0.2, -0.15) is 0 Å². The van der Waals surface area contributed by atoms with Gasteiger partial charge in [0, 0.05) is 16.0 Å². The van der Waals surface area contributed by atoms with E-state index in [-0.39, 0.29) is 31.2 Å². The molecule has 30 heavy (non-hydrogen) atoms. The summed E-state index contributed by atoms with van der Waals surface area (Å²) in [7, 11) is -7.69. The molecule has 0 saturated carbocycles. The Bertz CT molecular complexity index is 1130. The summed E-state index contributed by atoms with van der Waals surface area (Å²) in [5.41, 5.74) is 0.194. The molecule has 0 spiro atoms. The van der Waals surface area contributed by atoms with Crippen LogP contribution in [0.5, 0.6) is 5.75 Å². The van der Waals surface area contributed by atoms with Crippen molar-refractivity contribution < 1.29 is 21.9 Å². The van der Waals surface area contributed by atoms with E-state index in [9.17, 15) is 21.9 Å². The first kappa shape index (κ1) is 25.4. The van der Waals surface area contributed by atoms with Crippen molar-refractivity contribution in [3.8, 4) is 5.75 Å². The zero-order valence-electron chi connectivity index (χ0n) is 16.4. The number of phenolic OH excluding ortho intramolecular Hbond substituents is 1. The molecule has 0 heterocycles. The molecule has 2 aromatic carbocycles. The Morgan fingerprint density at radius 2 is 1.60 bits per heavy atom. The molecule has 1 N–H and O–H groups in total. The van der Waals surface area contributed by atoms with Gasteiger partial charge >= 0.3 is 0 Å². The first-order valence-electron chi connectivity index (χ1n) is 9.05. The smallest absolute Gasteiger partial charge is 0.186 e. The highest BCUT2D eigenvalue weighted by Crippen LogP contribution is 2.36. The van der Waals surface area contributed by atoms with Gasteiger partial charge in [-0.3, -0.25) is 0 Å². The van der Waals surface area contributed by atoms with Crippen LogP contribution in [0.15, 0.2) is 44.6 Å². The standard InChI is InChI=1S/C19H22BrCl2NO5S2/c1-3-23(4-2)5-6-29(25,26)16-8-13(7-15(21)11-16)12-30(27,28)18-10-14(20)9-17(22)19(18)24/h7-11,24H,3-6,12H2,1-2H3. The Hall–Kier alpha value is -0.840. The maximum atomic E-state index is 12.9. The molecule has 0 radical (unpaired) electrons. The number of aromatic hydroxyl groups is 1. The third kappa shape index (κ3) is 6.34. The van der Waals surface area contributed by atoms with E-state index in [0.717, 1.165) is 13.1 Å². The van der Waals surface area contributed by atoms with Crippen LogP contribution in [0.2, 0.25) is 10.0 Å². The summed E-state index contributed by atoms with van der Waals surface area (Å²) in [5, 5.41) is 10.1. The van der Waals surface area contributed by atoms with E-state index in [1.165, 1.54) is 30.3 Å². The number of rotatable bonds is 9. The predicted molar refractivity (Wildman–Crippen MR) is 123 cm³/mol. The molecule has 6 nitrogen and oxygen atoms in total. The predicted octanol–water partition coefficient (Wildman–Crippen LogP) is 4.55.